The zero-order valence-electron chi connectivity index (χ0n) is 5.62. The average molecular weight is 263 g/mol. The van der Waals surface area contributed by atoms with Gasteiger partial charge in [0.2, 0.25) is 0 Å². The molecular weight excluding hydrogens is 256 g/mol. The van der Waals surface area contributed by atoms with E-state index in [0.717, 1.165) is 15.4 Å². The molecule has 0 bridgehead atoms. The smallest absolute Gasteiger partial charge is 0.0224 e. The maximum Gasteiger partial charge on any atom is 0.0224 e. The fourth-order valence-electron chi connectivity index (χ4n) is 0.746. The molecule has 1 rings (SSSR count). The lowest BCUT2D eigenvalue weighted by Crippen LogP contribution is -1.81. The summed E-state index contributed by atoms with van der Waals surface area (Å²) in [6.45, 7) is 2.12. The quantitative estimate of drug-likeness (QED) is 0.726. The van der Waals surface area contributed by atoms with E-state index in [1.165, 1.54) is 5.56 Å². The first kappa shape index (κ1) is 8.28. The molecule has 0 aliphatic heterocycles. The van der Waals surface area contributed by atoms with Crippen molar-refractivity contribution in [2.24, 2.45) is 0 Å². The molecule has 0 unspecified atom stereocenters. The summed E-state index contributed by atoms with van der Waals surface area (Å²) >= 11 is 6.81. The van der Waals surface area contributed by atoms with Gasteiger partial charge < -0.3 is 0 Å². The van der Waals surface area contributed by atoms with Crippen LogP contribution in [0.4, 0.5) is 0 Å². The van der Waals surface area contributed by atoms with E-state index in [9.17, 15) is 0 Å². The molecule has 0 aliphatic rings. The molecule has 0 nitrogen and oxygen atoms in total. The van der Waals surface area contributed by atoms with Crippen LogP contribution in [0.3, 0.4) is 0 Å². The molecule has 1 aromatic carbocycles. The van der Waals surface area contributed by atoms with Gasteiger partial charge in [0.1, 0.15) is 0 Å². The van der Waals surface area contributed by atoms with E-state index in [0.29, 0.717) is 0 Å². The van der Waals surface area contributed by atoms with E-state index in [-0.39, 0.29) is 0 Å². The molecule has 0 fully saturated rings. The van der Waals surface area contributed by atoms with E-state index < -0.39 is 0 Å². The van der Waals surface area contributed by atoms with Gasteiger partial charge in [0.15, 0.2) is 0 Å². The third-order valence-corrected chi connectivity index (χ3v) is 2.46. The minimum atomic E-state index is 1.02. The first-order valence-corrected chi connectivity index (χ1v) is 4.68. The van der Waals surface area contributed by atoms with Gasteiger partial charge in [-0.1, -0.05) is 38.8 Å². The number of aryl methyl sites for hydroxylation is 1. The summed E-state index contributed by atoms with van der Waals surface area (Å²) in [4.78, 5) is 0. The maximum atomic E-state index is 3.45. The van der Waals surface area contributed by atoms with Crippen LogP contribution in [0.25, 0.3) is 0 Å². The molecule has 0 amide bonds. The van der Waals surface area contributed by atoms with Crippen LogP contribution in [0, 0.1) is 6.07 Å². The lowest BCUT2D eigenvalue weighted by molar-refractivity contribution is 1.12. The van der Waals surface area contributed by atoms with Gasteiger partial charge in [-0.25, -0.2) is 0 Å². The lowest BCUT2D eigenvalue weighted by atomic mass is 10.2. The summed E-state index contributed by atoms with van der Waals surface area (Å²) in [5.74, 6) is 0. The summed E-state index contributed by atoms with van der Waals surface area (Å²) in [5.41, 5.74) is 1.23. The van der Waals surface area contributed by atoms with Crippen molar-refractivity contribution in [3.05, 3.63) is 32.7 Å². The highest BCUT2D eigenvalue weighted by molar-refractivity contribution is 9.11. The number of halogens is 2. The Morgan fingerprint density at radius 1 is 1.50 bits per heavy atom. The van der Waals surface area contributed by atoms with Crippen LogP contribution in [0.2, 0.25) is 0 Å². The van der Waals surface area contributed by atoms with Crippen molar-refractivity contribution in [3.63, 3.8) is 0 Å². The number of rotatable bonds is 1. The van der Waals surface area contributed by atoms with Crippen molar-refractivity contribution in [1.29, 1.82) is 0 Å². The minimum Gasteiger partial charge on any atom is -0.0612 e. The Bertz CT molecular complexity index is 231. The molecular formula is C8H7Br2. The predicted octanol–water partition coefficient (Wildman–Crippen LogP) is 3.57. The van der Waals surface area contributed by atoms with Crippen molar-refractivity contribution in [3.8, 4) is 0 Å². The highest BCUT2D eigenvalue weighted by atomic mass is 79.9. The maximum absolute atomic E-state index is 3.45. The molecule has 0 saturated heterocycles. The van der Waals surface area contributed by atoms with Crippen LogP contribution in [0.1, 0.15) is 12.5 Å². The van der Waals surface area contributed by atoms with Crippen LogP contribution in [0.15, 0.2) is 21.1 Å². The fourth-order valence-corrected chi connectivity index (χ4v) is 2.04. The van der Waals surface area contributed by atoms with Gasteiger partial charge in [-0.2, -0.15) is 0 Å². The third kappa shape index (κ3) is 1.83. The summed E-state index contributed by atoms with van der Waals surface area (Å²) in [5, 5.41) is 0. The Labute approximate surface area is 77.9 Å². The lowest BCUT2D eigenvalue weighted by Gasteiger charge is -1.98. The summed E-state index contributed by atoms with van der Waals surface area (Å²) in [6, 6.07) is 7.13. The van der Waals surface area contributed by atoms with Crippen LogP contribution in [0.5, 0.6) is 0 Å². The zero-order valence-corrected chi connectivity index (χ0v) is 8.79. The second-order valence-corrected chi connectivity index (χ2v) is 3.77. The average Bonchev–Trinajstić information content (AvgIpc) is 1.88. The van der Waals surface area contributed by atoms with E-state index in [4.69, 9.17) is 0 Å². The molecule has 1 aromatic rings. The van der Waals surface area contributed by atoms with Crippen molar-refractivity contribution in [2.45, 2.75) is 13.3 Å². The largest absolute Gasteiger partial charge is 0.0612 e. The van der Waals surface area contributed by atoms with E-state index in [2.05, 4.69) is 44.8 Å². The van der Waals surface area contributed by atoms with Gasteiger partial charge in [0.05, 0.1) is 0 Å². The molecule has 0 saturated carbocycles. The molecule has 53 valence electrons. The van der Waals surface area contributed by atoms with Gasteiger partial charge in [-0.15, -0.1) is 0 Å². The van der Waals surface area contributed by atoms with E-state index in [1.807, 2.05) is 12.1 Å². The normalized spacial score (nSPS) is 9.90. The van der Waals surface area contributed by atoms with Gasteiger partial charge in [-0.05, 0) is 30.2 Å². The van der Waals surface area contributed by atoms with Crippen molar-refractivity contribution in [1.82, 2.24) is 0 Å². The Hall–Kier alpha value is 0.180. The van der Waals surface area contributed by atoms with Crippen LogP contribution < -0.4 is 0 Å². The zero-order chi connectivity index (χ0) is 7.56. The molecule has 2 heteroatoms. The van der Waals surface area contributed by atoms with Crippen LogP contribution in [-0.2, 0) is 6.42 Å². The molecule has 0 atom stereocenters. The van der Waals surface area contributed by atoms with E-state index in [1.54, 1.807) is 0 Å². The molecule has 10 heavy (non-hydrogen) atoms. The first-order chi connectivity index (χ1) is 4.74. The van der Waals surface area contributed by atoms with Gasteiger partial charge >= 0.3 is 0 Å². The fraction of sp³-hybridized carbons (Fsp3) is 0.250. The summed E-state index contributed by atoms with van der Waals surface area (Å²) < 4.78 is 2.20. The molecule has 1 radical (unpaired) electrons. The third-order valence-electron chi connectivity index (χ3n) is 1.29. The summed E-state index contributed by atoms with van der Waals surface area (Å²) in [7, 11) is 0. The van der Waals surface area contributed by atoms with Gasteiger partial charge in [0, 0.05) is 8.95 Å². The SMILES string of the molecule is CCc1[c]cc(Br)cc1Br. The van der Waals surface area contributed by atoms with Gasteiger partial charge in [-0.3, -0.25) is 0 Å². The van der Waals surface area contributed by atoms with Crippen molar-refractivity contribution < 1.29 is 0 Å². The van der Waals surface area contributed by atoms with Crippen molar-refractivity contribution >= 4 is 31.9 Å². The first-order valence-electron chi connectivity index (χ1n) is 3.09. The number of benzene rings is 1. The Morgan fingerprint density at radius 3 is 2.70 bits per heavy atom. The van der Waals surface area contributed by atoms with Crippen LogP contribution >= 0.6 is 31.9 Å². The molecule has 0 aromatic heterocycles. The van der Waals surface area contributed by atoms with E-state index >= 15 is 0 Å². The monoisotopic (exact) mass is 261 g/mol. The standard InChI is InChI=1S/C8H7Br2/c1-2-6-3-4-7(9)5-8(6)10/h4-5H,2H2,1H3. The predicted molar refractivity (Wildman–Crippen MR) is 50.1 cm³/mol. The second kappa shape index (κ2) is 3.54. The molecule has 0 spiro atoms. The number of hydrogen-bond donors (Lipinski definition) is 0. The number of hydrogen-bond acceptors (Lipinski definition) is 0. The Morgan fingerprint density at radius 2 is 2.20 bits per heavy atom. The Kier molecular flexibility index (Phi) is 2.93. The van der Waals surface area contributed by atoms with Crippen molar-refractivity contribution in [2.75, 3.05) is 0 Å². The second-order valence-electron chi connectivity index (χ2n) is 2.00. The molecule has 0 heterocycles. The van der Waals surface area contributed by atoms with Gasteiger partial charge in [0.25, 0.3) is 0 Å². The highest BCUT2D eigenvalue weighted by Gasteiger charge is 1.96. The highest BCUT2D eigenvalue weighted by Crippen LogP contribution is 2.21. The summed E-state index contributed by atoms with van der Waals surface area (Å²) in [6.07, 6.45) is 1.02. The van der Waals surface area contributed by atoms with Crippen LogP contribution in [-0.4, -0.2) is 0 Å². The Balaban J connectivity index is 3.07. The minimum absolute atomic E-state index is 1.02. The molecule has 0 aliphatic carbocycles. The topological polar surface area (TPSA) is 0 Å². The molecule has 0 N–H and O–H groups in total.